The molecule has 0 aliphatic carbocycles. The lowest BCUT2D eigenvalue weighted by Crippen LogP contribution is -2.54. The monoisotopic (exact) mass is 790 g/mol. The summed E-state index contributed by atoms with van der Waals surface area (Å²) in [6.07, 6.45) is -1.20. The first kappa shape index (κ1) is 38.4. The molecule has 4 N–H and O–H groups in total. The van der Waals surface area contributed by atoms with Crippen LogP contribution in [0.1, 0.15) is 63.1 Å². The van der Waals surface area contributed by atoms with Gasteiger partial charge in [0.05, 0.1) is 16.0 Å². The van der Waals surface area contributed by atoms with Crippen molar-refractivity contribution in [2.45, 2.75) is 61.9 Å². The molecular formula is C38H37F3N8O6S. The predicted molar refractivity (Wildman–Crippen MR) is 199 cm³/mol. The number of sulfone groups is 1. The number of rotatable bonds is 11. The Balaban J connectivity index is 0.917. The fourth-order valence-electron chi connectivity index (χ4n) is 6.95. The topological polar surface area (TPSA) is 183 Å². The molecule has 0 bridgehead atoms. The standard InChI is InChI=1S/C38H37F3N8O6S/c1-56(54,55)27-4-2-3-23(17-27)20-43-33-30(38(39,40)41)21-44-37(47-33)45-25-7-5-22(6-8-25)19-42-24-13-15-48(16-14-24)26-9-10-28-29(18-26)36(53)49(35(28)52)31-11-12-32(50)46-34(31)51/h2-10,17-18,21,24,31,42H,11-16,19-20H2,1H3,(H,46,50,51)(H2,43,44,45,47). The fourth-order valence-corrected chi connectivity index (χ4v) is 7.64. The number of piperidine rings is 2. The average Bonchev–Trinajstić information content (AvgIpc) is 3.41. The number of hydrogen-bond acceptors (Lipinski definition) is 12. The summed E-state index contributed by atoms with van der Waals surface area (Å²) in [5.74, 6) is -2.68. The van der Waals surface area contributed by atoms with Gasteiger partial charge in [0.25, 0.3) is 11.8 Å². The molecule has 0 saturated carbocycles. The van der Waals surface area contributed by atoms with Crippen molar-refractivity contribution in [2.24, 2.45) is 0 Å². The first-order valence-corrected chi connectivity index (χ1v) is 19.7. The Bertz CT molecular complexity index is 2310. The van der Waals surface area contributed by atoms with Crippen LogP contribution in [0.2, 0.25) is 0 Å². The fraction of sp³-hybridized carbons (Fsp3) is 0.316. The number of carbonyl (C=O) groups is 4. The quantitative estimate of drug-likeness (QED) is 0.157. The molecule has 2 saturated heterocycles. The first-order chi connectivity index (χ1) is 26.6. The molecule has 0 radical (unpaired) electrons. The van der Waals surface area contributed by atoms with Crippen LogP contribution in [0.3, 0.4) is 0 Å². The largest absolute Gasteiger partial charge is 0.421 e. The summed E-state index contributed by atoms with van der Waals surface area (Å²) in [7, 11) is -3.50. The van der Waals surface area contributed by atoms with E-state index in [0.29, 0.717) is 37.1 Å². The molecule has 56 heavy (non-hydrogen) atoms. The van der Waals surface area contributed by atoms with Gasteiger partial charge >= 0.3 is 6.18 Å². The number of amides is 4. The summed E-state index contributed by atoms with van der Waals surface area (Å²) in [6, 6.07) is 17.5. The highest BCUT2D eigenvalue weighted by atomic mass is 32.2. The minimum atomic E-state index is -4.73. The second-order valence-electron chi connectivity index (χ2n) is 13.9. The normalized spacial score (nSPS) is 17.9. The Hall–Kier alpha value is -5.88. The van der Waals surface area contributed by atoms with E-state index in [1.54, 1.807) is 36.4 Å². The van der Waals surface area contributed by atoms with E-state index in [1.165, 1.54) is 18.2 Å². The zero-order chi connectivity index (χ0) is 39.8. The van der Waals surface area contributed by atoms with E-state index in [9.17, 15) is 40.8 Å². The molecular weight excluding hydrogens is 754 g/mol. The summed E-state index contributed by atoms with van der Waals surface area (Å²) >= 11 is 0. The Labute approximate surface area is 319 Å². The Morgan fingerprint density at radius 3 is 2.30 bits per heavy atom. The SMILES string of the molecule is CS(=O)(=O)c1cccc(CNc2nc(Nc3ccc(CNC4CCN(c5ccc6c(c5)C(=O)N(C5CCC(=O)NC5=O)C6=O)CC4)cc3)ncc2C(F)(F)F)c1. The molecule has 3 aromatic carbocycles. The minimum Gasteiger partial charge on any atom is -0.371 e. The summed E-state index contributed by atoms with van der Waals surface area (Å²) in [6.45, 7) is 1.88. The van der Waals surface area contributed by atoms with E-state index in [1.807, 2.05) is 12.1 Å². The zero-order valence-electron chi connectivity index (χ0n) is 30.0. The maximum absolute atomic E-state index is 13.8. The summed E-state index contributed by atoms with van der Waals surface area (Å²) in [4.78, 5) is 61.4. The van der Waals surface area contributed by atoms with E-state index < -0.39 is 57.1 Å². The van der Waals surface area contributed by atoms with Crippen LogP contribution >= 0.6 is 0 Å². The van der Waals surface area contributed by atoms with E-state index in [0.717, 1.165) is 35.2 Å². The van der Waals surface area contributed by atoms with Crippen LogP contribution in [0.4, 0.5) is 36.3 Å². The molecule has 3 aliphatic heterocycles. The zero-order valence-corrected chi connectivity index (χ0v) is 30.8. The van der Waals surface area contributed by atoms with Crippen molar-refractivity contribution in [1.82, 2.24) is 25.5 Å². The van der Waals surface area contributed by atoms with E-state index >= 15 is 0 Å². The van der Waals surface area contributed by atoms with Gasteiger partial charge in [0.1, 0.15) is 17.4 Å². The molecule has 4 amide bonds. The molecule has 4 aromatic rings. The van der Waals surface area contributed by atoms with Crippen LogP contribution in [0.15, 0.2) is 77.8 Å². The summed E-state index contributed by atoms with van der Waals surface area (Å²) in [5, 5.41) is 11.4. The highest BCUT2D eigenvalue weighted by Gasteiger charge is 2.45. The summed E-state index contributed by atoms with van der Waals surface area (Å²) < 4.78 is 65.2. The van der Waals surface area contributed by atoms with Crippen molar-refractivity contribution in [1.29, 1.82) is 0 Å². The van der Waals surface area contributed by atoms with E-state index in [2.05, 4.69) is 36.1 Å². The molecule has 14 nitrogen and oxygen atoms in total. The number of imide groups is 2. The van der Waals surface area contributed by atoms with Crippen LogP contribution in [0, 0.1) is 0 Å². The van der Waals surface area contributed by atoms with Crippen molar-refractivity contribution in [3.05, 3.63) is 101 Å². The predicted octanol–water partition coefficient (Wildman–Crippen LogP) is 4.41. The van der Waals surface area contributed by atoms with Crippen LogP contribution in [0.25, 0.3) is 0 Å². The number of nitrogens with one attached hydrogen (secondary N) is 4. The second-order valence-corrected chi connectivity index (χ2v) is 15.9. The molecule has 1 atom stereocenters. The highest BCUT2D eigenvalue weighted by Crippen LogP contribution is 2.35. The van der Waals surface area contributed by atoms with Gasteiger partial charge in [0, 0.05) is 62.5 Å². The Morgan fingerprint density at radius 2 is 1.61 bits per heavy atom. The van der Waals surface area contributed by atoms with E-state index in [4.69, 9.17) is 0 Å². The average molecular weight is 791 g/mol. The van der Waals surface area contributed by atoms with Gasteiger partial charge < -0.3 is 20.9 Å². The number of fused-ring (bicyclic) bond motifs is 1. The third kappa shape index (κ3) is 8.35. The Kier molecular flexibility index (Phi) is 10.5. The third-order valence-electron chi connectivity index (χ3n) is 9.97. The lowest BCUT2D eigenvalue weighted by molar-refractivity contribution is -0.138. The van der Waals surface area contributed by atoms with Crippen LogP contribution in [-0.2, 0) is 38.7 Å². The number of anilines is 4. The second kappa shape index (κ2) is 15.3. The number of alkyl halides is 3. The number of benzene rings is 3. The van der Waals surface area contributed by atoms with Crippen LogP contribution < -0.4 is 26.2 Å². The maximum atomic E-state index is 13.8. The summed E-state index contributed by atoms with van der Waals surface area (Å²) in [5.41, 5.74) is 2.22. The van der Waals surface area contributed by atoms with Crippen LogP contribution in [0.5, 0.6) is 0 Å². The van der Waals surface area contributed by atoms with Crippen molar-refractivity contribution in [3.8, 4) is 0 Å². The van der Waals surface area contributed by atoms with Gasteiger partial charge in [0.15, 0.2) is 9.84 Å². The van der Waals surface area contributed by atoms with Gasteiger partial charge in [-0.3, -0.25) is 29.4 Å². The maximum Gasteiger partial charge on any atom is 0.421 e. The molecule has 18 heteroatoms. The first-order valence-electron chi connectivity index (χ1n) is 17.8. The van der Waals surface area contributed by atoms with Crippen molar-refractivity contribution < 1.29 is 40.8 Å². The number of nitrogens with zero attached hydrogens (tertiary/aromatic N) is 4. The van der Waals surface area contributed by atoms with Gasteiger partial charge in [-0.05, 0) is 72.9 Å². The third-order valence-corrected chi connectivity index (χ3v) is 11.1. The van der Waals surface area contributed by atoms with Crippen molar-refractivity contribution in [2.75, 3.05) is 34.9 Å². The number of aromatic nitrogens is 2. The van der Waals surface area contributed by atoms with Gasteiger partial charge in [-0.25, -0.2) is 13.4 Å². The molecule has 2 fully saturated rings. The Morgan fingerprint density at radius 1 is 0.875 bits per heavy atom. The molecule has 1 aromatic heterocycles. The highest BCUT2D eigenvalue weighted by molar-refractivity contribution is 7.90. The molecule has 292 valence electrons. The van der Waals surface area contributed by atoms with Gasteiger partial charge in [-0.2, -0.15) is 18.2 Å². The van der Waals surface area contributed by atoms with Crippen molar-refractivity contribution >= 4 is 56.6 Å². The van der Waals surface area contributed by atoms with Crippen LogP contribution in [-0.4, -0.2) is 78.3 Å². The molecule has 0 spiro atoms. The lowest BCUT2D eigenvalue weighted by Gasteiger charge is -2.34. The number of halogens is 3. The van der Waals surface area contributed by atoms with Crippen molar-refractivity contribution in [3.63, 3.8) is 0 Å². The van der Waals surface area contributed by atoms with Gasteiger partial charge in [0.2, 0.25) is 17.8 Å². The molecule has 4 heterocycles. The van der Waals surface area contributed by atoms with Gasteiger partial charge in [-0.1, -0.05) is 24.3 Å². The minimum absolute atomic E-state index is 0.0525. The number of carbonyl (C=O) groups excluding carboxylic acids is 4. The molecule has 3 aliphatic rings. The lowest BCUT2D eigenvalue weighted by atomic mass is 10.0. The smallest absolute Gasteiger partial charge is 0.371 e. The molecule has 1 unspecified atom stereocenters. The van der Waals surface area contributed by atoms with Gasteiger partial charge in [-0.15, -0.1) is 0 Å². The molecule has 7 rings (SSSR count). The number of hydrogen-bond donors (Lipinski definition) is 4. The van der Waals surface area contributed by atoms with E-state index in [-0.39, 0.29) is 47.4 Å².